The van der Waals surface area contributed by atoms with Gasteiger partial charge < -0.3 is 10.0 Å². The van der Waals surface area contributed by atoms with Crippen molar-refractivity contribution in [3.05, 3.63) is 29.3 Å². The summed E-state index contributed by atoms with van der Waals surface area (Å²) in [5, 5.41) is 27.7. The van der Waals surface area contributed by atoms with Crippen LogP contribution in [0.5, 0.6) is 0 Å². The van der Waals surface area contributed by atoms with Crippen molar-refractivity contribution >= 4 is 5.69 Å². The van der Waals surface area contributed by atoms with Crippen LogP contribution >= 0.6 is 0 Å². The molecule has 2 rings (SSSR count). The standard InChI is InChI=1S/C15H17N3O/c1-11(19)14-6-3-12(10-17)9-15(14)18(8-2-7-16)13-4-5-13/h3,6,9,11,13,19H,2,4-5,8H2,1H3/t11-/m1/s1. The Morgan fingerprint density at radius 1 is 1.42 bits per heavy atom. The number of nitrogens with zero attached hydrogens (tertiary/aromatic N) is 3. The van der Waals surface area contributed by atoms with Gasteiger partial charge in [0.05, 0.1) is 30.2 Å². The third-order valence-corrected chi connectivity index (χ3v) is 3.37. The molecule has 1 aromatic rings. The van der Waals surface area contributed by atoms with Crippen molar-refractivity contribution in [2.75, 3.05) is 11.4 Å². The van der Waals surface area contributed by atoms with Crippen LogP contribution in [0.15, 0.2) is 18.2 Å². The van der Waals surface area contributed by atoms with Crippen molar-refractivity contribution in [3.63, 3.8) is 0 Å². The molecule has 1 saturated carbocycles. The molecule has 0 amide bonds. The zero-order valence-corrected chi connectivity index (χ0v) is 11.0. The van der Waals surface area contributed by atoms with E-state index in [0.29, 0.717) is 24.6 Å². The van der Waals surface area contributed by atoms with Gasteiger partial charge in [-0.1, -0.05) is 6.07 Å². The molecule has 98 valence electrons. The van der Waals surface area contributed by atoms with E-state index in [0.717, 1.165) is 24.1 Å². The summed E-state index contributed by atoms with van der Waals surface area (Å²) in [6.07, 6.45) is 2.10. The van der Waals surface area contributed by atoms with Gasteiger partial charge in [0.15, 0.2) is 0 Å². The second-order valence-corrected chi connectivity index (χ2v) is 4.89. The molecule has 4 heteroatoms. The molecule has 1 atom stereocenters. The Hall–Kier alpha value is -2.04. The van der Waals surface area contributed by atoms with Gasteiger partial charge in [-0.25, -0.2) is 0 Å². The Bertz CT molecular complexity index is 535. The number of hydrogen-bond donors (Lipinski definition) is 1. The number of nitriles is 2. The smallest absolute Gasteiger partial charge is 0.0992 e. The molecular formula is C15H17N3O. The van der Waals surface area contributed by atoms with Gasteiger partial charge in [-0.2, -0.15) is 10.5 Å². The second-order valence-electron chi connectivity index (χ2n) is 4.89. The highest BCUT2D eigenvalue weighted by Crippen LogP contribution is 2.36. The number of benzene rings is 1. The Morgan fingerprint density at radius 3 is 2.68 bits per heavy atom. The van der Waals surface area contributed by atoms with E-state index in [2.05, 4.69) is 17.0 Å². The maximum atomic E-state index is 9.87. The summed E-state index contributed by atoms with van der Waals surface area (Å²) in [4.78, 5) is 2.16. The van der Waals surface area contributed by atoms with Crippen molar-refractivity contribution in [3.8, 4) is 12.1 Å². The van der Waals surface area contributed by atoms with Gasteiger partial charge in [-0.3, -0.25) is 0 Å². The first kappa shape index (κ1) is 13.4. The van der Waals surface area contributed by atoms with Crippen molar-refractivity contribution in [2.45, 2.75) is 38.3 Å². The minimum Gasteiger partial charge on any atom is -0.389 e. The minimum atomic E-state index is -0.578. The van der Waals surface area contributed by atoms with Crippen molar-refractivity contribution in [1.29, 1.82) is 10.5 Å². The first-order valence-electron chi connectivity index (χ1n) is 6.53. The van der Waals surface area contributed by atoms with Crippen molar-refractivity contribution < 1.29 is 5.11 Å². The molecule has 0 heterocycles. The summed E-state index contributed by atoms with van der Waals surface area (Å²) >= 11 is 0. The average molecular weight is 255 g/mol. The summed E-state index contributed by atoms with van der Waals surface area (Å²) in [5.41, 5.74) is 2.30. The summed E-state index contributed by atoms with van der Waals surface area (Å²) in [7, 11) is 0. The molecule has 0 aromatic heterocycles. The first-order valence-corrected chi connectivity index (χ1v) is 6.53. The van der Waals surface area contributed by atoms with Crippen LogP contribution in [0.4, 0.5) is 5.69 Å². The zero-order chi connectivity index (χ0) is 13.8. The Morgan fingerprint density at radius 2 is 2.16 bits per heavy atom. The number of rotatable bonds is 5. The lowest BCUT2D eigenvalue weighted by molar-refractivity contribution is 0.199. The van der Waals surface area contributed by atoms with Gasteiger partial charge in [0.2, 0.25) is 0 Å². The molecule has 19 heavy (non-hydrogen) atoms. The lowest BCUT2D eigenvalue weighted by atomic mass is 10.0. The molecule has 0 aliphatic heterocycles. The van der Waals surface area contributed by atoms with E-state index < -0.39 is 6.10 Å². The molecule has 1 aliphatic carbocycles. The third-order valence-electron chi connectivity index (χ3n) is 3.37. The van der Waals surface area contributed by atoms with Crippen LogP contribution < -0.4 is 4.90 Å². The fourth-order valence-electron chi connectivity index (χ4n) is 2.27. The molecule has 1 N–H and O–H groups in total. The normalized spacial score (nSPS) is 15.4. The van der Waals surface area contributed by atoms with Gasteiger partial charge in [-0.15, -0.1) is 0 Å². The van der Waals surface area contributed by atoms with Gasteiger partial charge >= 0.3 is 0 Å². The Kier molecular flexibility index (Phi) is 4.04. The predicted molar refractivity (Wildman–Crippen MR) is 72.4 cm³/mol. The van der Waals surface area contributed by atoms with Crippen LogP contribution in [0.25, 0.3) is 0 Å². The van der Waals surface area contributed by atoms with E-state index in [4.69, 9.17) is 10.5 Å². The SMILES string of the molecule is C[C@@H](O)c1ccc(C#N)cc1N(CCC#N)C1CC1. The number of hydrogen-bond acceptors (Lipinski definition) is 4. The van der Waals surface area contributed by atoms with E-state index in [-0.39, 0.29) is 0 Å². The van der Waals surface area contributed by atoms with Gasteiger partial charge in [-0.05, 0) is 31.9 Å². The van der Waals surface area contributed by atoms with Crippen LogP contribution in [0.2, 0.25) is 0 Å². The van der Waals surface area contributed by atoms with E-state index in [1.54, 1.807) is 19.1 Å². The van der Waals surface area contributed by atoms with Crippen LogP contribution in [-0.4, -0.2) is 17.7 Å². The molecule has 4 nitrogen and oxygen atoms in total. The molecule has 0 saturated heterocycles. The minimum absolute atomic E-state index is 0.444. The van der Waals surface area contributed by atoms with Crippen LogP contribution in [-0.2, 0) is 0 Å². The molecular weight excluding hydrogens is 238 g/mol. The number of anilines is 1. The molecule has 1 fully saturated rings. The summed E-state index contributed by atoms with van der Waals surface area (Å²) in [6.45, 7) is 2.37. The summed E-state index contributed by atoms with van der Waals surface area (Å²) in [6, 6.07) is 10.1. The lowest BCUT2D eigenvalue weighted by Gasteiger charge is -2.27. The topological polar surface area (TPSA) is 71.0 Å². The van der Waals surface area contributed by atoms with Crippen LogP contribution in [0.3, 0.4) is 0 Å². The van der Waals surface area contributed by atoms with E-state index in [9.17, 15) is 5.11 Å². The molecule has 0 unspecified atom stereocenters. The van der Waals surface area contributed by atoms with E-state index in [1.807, 2.05) is 6.07 Å². The quantitative estimate of drug-likeness (QED) is 0.877. The van der Waals surface area contributed by atoms with Crippen LogP contribution in [0, 0.1) is 22.7 Å². The van der Waals surface area contributed by atoms with Crippen molar-refractivity contribution in [2.24, 2.45) is 0 Å². The fourth-order valence-corrected chi connectivity index (χ4v) is 2.27. The van der Waals surface area contributed by atoms with Gasteiger partial charge in [0.1, 0.15) is 0 Å². The lowest BCUT2D eigenvalue weighted by Crippen LogP contribution is -2.28. The number of aliphatic hydroxyl groups excluding tert-OH is 1. The molecule has 1 aromatic carbocycles. The maximum absolute atomic E-state index is 9.87. The number of aliphatic hydroxyl groups is 1. The van der Waals surface area contributed by atoms with E-state index >= 15 is 0 Å². The molecule has 0 spiro atoms. The highest BCUT2D eigenvalue weighted by Gasteiger charge is 2.30. The Labute approximate surface area is 113 Å². The predicted octanol–water partition coefficient (Wildman–Crippen LogP) is 2.49. The maximum Gasteiger partial charge on any atom is 0.0992 e. The summed E-state index contributed by atoms with van der Waals surface area (Å²) < 4.78 is 0. The molecule has 0 bridgehead atoms. The van der Waals surface area contributed by atoms with Crippen molar-refractivity contribution in [1.82, 2.24) is 0 Å². The third kappa shape index (κ3) is 3.05. The molecule has 1 aliphatic rings. The largest absolute Gasteiger partial charge is 0.389 e. The zero-order valence-electron chi connectivity index (χ0n) is 11.0. The highest BCUT2D eigenvalue weighted by molar-refractivity contribution is 5.60. The van der Waals surface area contributed by atoms with Gasteiger partial charge in [0.25, 0.3) is 0 Å². The molecule has 0 radical (unpaired) electrons. The van der Waals surface area contributed by atoms with Crippen LogP contribution in [0.1, 0.15) is 43.4 Å². The van der Waals surface area contributed by atoms with Gasteiger partial charge in [0, 0.05) is 23.8 Å². The first-order chi connectivity index (χ1) is 9.17. The highest BCUT2D eigenvalue weighted by atomic mass is 16.3. The van der Waals surface area contributed by atoms with E-state index in [1.165, 1.54) is 0 Å². The monoisotopic (exact) mass is 255 g/mol. The second kappa shape index (κ2) is 5.73. The summed E-state index contributed by atoms with van der Waals surface area (Å²) in [5.74, 6) is 0. The Balaban J connectivity index is 2.38. The average Bonchev–Trinajstić information content (AvgIpc) is 3.23. The fraction of sp³-hybridized carbons (Fsp3) is 0.467.